The van der Waals surface area contributed by atoms with Crippen LogP contribution in [0.15, 0.2) is 48.5 Å². The van der Waals surface area contributed by atoms with Crippen LogP contribution in [-0.2, 0) is 13.2 Å². The van der Waals surface area contributed by atoms with E-state index < -0.39 is 0 Å². The zero-order chi connectivity index (χ0) is 15.1. The summed E-state index contributed by atoms with van der Waals surface area (Å²) in [6.07, 6.45) is 0. The molecular weight excluding hydrogens is 264 g/mol. The van der Waals surface area contributed by atoms with Crippen LogP contribution in [0.2, 0.25) is 0 Å². The van der Waals surface area contributed by atoms with Gasteiger partial charge in [-0.3, -0.25) is 4.79 Å². The van der Waals surface area contributed by atoms with E-state index >= 15 is 0 Å². The van der Waals surface area contributed by atoms with E-state index in [2.05, 4.69) is 10.6 Å². The minimum Gasteiger partial charge on any atom is -0.392 e. The largest absolute Gasteiger partial charge is 0.392 e. The lowest BCUT2D eigenvalue weighted by molar-refractivity contribution is 0.0956. The van der Waals surface area contributed by atoms with Crippen LogP contribution in [0.3, 0.4) is 0 Å². The molecule has 3 N–H and O–H groups in total. The molecule has 2 aromatic carbocycles. The van der Waals surface area contributed by atoms with Gasteiger partial charge in [0.25, 0.3) is 5.91 Å². The highest BCUT2D eigenvalue weighted by atomic mass is 16.3. The van der Waals surface area contributed by atoms with Crippen molar-refractivity contribution in [1.82, 2.24) is 5.32 Å². The standard InChI is InChI=1S/C17H20N2O2/c1-2-18-17(21)15-5-3-4-6-16(15)19-11-13-7-9-14(12-20)10-8-13/h3-10,19-20H,2,11-12H2,1H3,(H,18,21). The van der Waals surface area contributed by atoms with Crippen molar-refractivity contribution in [2.45, 2.75) is 20.1 Å². The molecule has 0 saturated heterocycles. The predicted molar refractivity (Wildman–Crippen MR) is 84.1 cm³/mol. The number of aliphatic hydroxyl groups is 1. The topological polar surface area (TPSA) is 61.4 Å². The Morgan fingerprint density at radius 2 is 1.71 bits per heavy atom. The van der Waals surface area contributed by atoms with Crippen molar-refractivity contribution in [3.63, 3.8) is 0 Å². The fourth-order valence-corrected chi connectivity index (χ4v) is 2.05. The molecule has 0 aliphatic heterocycles. The van der Waals surface area contributed by atoms with Crippen LogP contribution in [-0.4, -0.2) is 17.6 Å². The van der Waals surface area contributed by atoms with Crippen LogP contribution in [0, 0.1) is 0 Å². The Balaban J connectivity index is 2.07. The second-order valence-electron chi connectivity index (χ2n) is 4.73. The van der Waals surface area contributed by atoms with Gasteiger partial charge in [0.2, 0.25) is 0 Å². The van der Waals surface area contributed by atoms with E-state index in [1.54, 1.807) is 0 Å². The lowest BCUT2D eigenvalue weighted by Gasteiger charge is -2.12. The molecule has 0 bridgehead atoms. The van der Waals surface area contributed by atoms with Gasteiger partial charge in [-0.2, -0.15) is 0 Å². The average Bonchev–Trinajstić information content (AvgIpc) is 2.54. The van der Waals surface area contributed by atoms with Crippen molar-refractivity contribution in [3.8, 4) is 0 Å². The molecule has 1 amide bonds. The molecule has 110 valence electrons. The van der Waals surface area contributed by atoms with Crippen LogP contribution in [0.25, 0.3) is 0 Å². The zero-order valence-electron chi connectivity index (χ0n) is 12.1. The first kappa shape index (κ1) is 15.1. The number of amides is 1. The van der Waals surface area contributed by atoms with E-state index in [1.807, 2.05) is 55.5 Å². The number of benzene rings is 2. The number of hydrogen-bond acceptors (Lipinski definition) is 3. The van der Waals surface area contributed by atoms with Gasteiger partial charge in [-0.05, 0) is 30.2 Å². The Morgan fingerprint density at radius 1 is 1.05 bits per heavy atom. The van der Waals surface area contributed by atoms with E-state index in [0.717, 1.165) is 16.8 Å². The van der Waals surface area contributed by atoms with Crippen molar-refractivity contribution in [2.24, 2.45) is 0 Å². The van der Waals surface area contributed by atoms with Crippen LogP contribution >= 0.6 is 0 Å². The van der Waals surface area contributed by atoms with Gasteiger partial charge in [0, 0.05) is 18.8 Å². The number of carbonyl (C=O) groups excluding carboxylic acids is 1. The number of anilines is 1. The molecule has 0 fully saturated rings. The third-order valence-electron chi connectivity index (χ3n) is 3.20. The molecule has 0 aliphatic carbocycles. The summed E-state index contributed by atoms with van der Waals surface area (Å²) in [5.41, 5.74) is 3.44. The molecule has 21 heavy (non-hydrogen) atoms. The summed E-state index contributed by atoms with van der Waals surface area (Å²) < 4.78 is 0. The minimum atomic E-state index is -0.0729. The van der Waals surface area contributed by atoms with Crippen LogP contribution < -0.4 is 10.6 Å². The van der Waals surface area contributed by atoms with Crippen LogP contribution in [0.1, 0.15) is 28.4 Å². The number of nitrogens with one attached hydrogen (secondary N) is 2. The third kappa shape index (κ3) is 4.07. The quantitative estimate of drug-likeness (QED) is 0.764. The Bertz CT molecular complexity index is 594. The Kier molecular flexibility index (Phi) is 5.35. The highest BCUT2D eigenvalue weighted by Gasteiger charge is 2.09. The summed E-state index contributed by atoms with van der Waals surface area (Å²) in [6.45, 7) is 3.18. The van der Waals surface area contributed by atoms with E-state index in [-0.39, 0.29) is 12.5 Å². The molecule has 0 saturated carbocycles. The minimum absolute atomic E-state index is 0.0493. The van der Waals surface area contributed by atoms with Gasteiger partial charge in [0.1, 0.15) is 0 Å². The molecular formula is C17H20N2O2. The van der Waals surface area contributed by atoms with E-state index in [4.69, 9.17) is 5.11 Å². The summed E-state index contributed by atoms with van der Waals surface area (Å²) in [5, 5.41) is 15.1. The van der Waals surface area contributed by atoms with Gasteiger partial charge in [-0.1, -0.05) is 36.4 Å². The number of aliphatic hydroxyl groups excluding tert-OH is 1. The molecule has 0 aromatic heterocycles. The Morgan fingerprint density at radius 3 is 2.38 bits per heavy atom. The van der Waals surface area contributed by atoms with E-state index in [9.17, 15) is 4.79 Å². The highest BCUT2D eigenvalue weighted by Crippen LogP contribution is 2.16. The summed E-state index contributed by atoms with van der Waals surface area (Å²) >= 11 is 0. The molecule has 0 heterocycles. The summed E-state index contributed by atoms with van der Waals surface area (Å²) in [5.74, 6) is -0.0729. The third-order valence-corrected chi connectivity index (χ3v) is 3.20. The van der Waals surface area contributed by atoms with Gasteiger partial charge in [-0.25, -0.2) is 0 Å². The molecule has 0 spiro atoms. The molecule has 0 radical (unpaired) electrons. The molecule has 0 unspecified atom stereocenters. The van der Waals surface area contributed by atoms with Crippen LogP contribution in [0.4, 0.5) is 5.69 Å². The van der Waals surface area contributed by atoms with Crippen molar-refractivity contribution in [3.05, 3.63) is 65.2 Å². The molecule has 4 nitrogen and oxygen atoms in total. The Hall–Kier alpha value is -2.33. The second kappa shape index (κ2) is 7.45. The lowest BCUT2D eigenvalue weighted by atomic mass is 10.1. The SMILES string of the molecule is CCNC(=O)c1ccccc1NCc1ccc(CO)cc1. The van der Waals surface area contributed by atoms with E-state index in [1.165, 1.54) is 0 Å². The summed E-state index contributed by atoms with van der Waals surface area (Å²) in [4.78, 5) is 12.0. The fraction of sp³-hybridized carbons (Fsp3) is 0.235. The highest BCUT2D eigenvalue weighted by molar-refractivity contribution is 5.99. The normalized spacial score (nSPS) is 10.2. The average molecular weight is 284 g/mol. The smallest absolute Gasteiger partial charge is 0.253 e. The first-order valence-corrected chi connectivity index (χ1v) is 7.04. The first-order valence-electron chi connectivity index (χ1n) is 7.04. The van der Waals surface area contributed by atoms with Gasteiger partial charge in [0.05, 0.1) is 12.2 Å². The maximum Gasteiger partial charge on any atom is 0.253 e. The molecule has 2 rings (SSSR count). The van der Waals surface area contributed by atoms with Gasteiger partial charge >= 0.3 is 0 Å². The number of para-hydroxylation sites is 1. The Labute approximate surface area is 124 Å². The maximum absolute atomic E-state index is 12.0. The van der Waals surface area contributed by atoms with Gasteiger partial charge < -0.3 is 15.7 Å². The number of carbonyl (C=O) groups is 1. The van der Waals surface area contributed by atoms with Crippen molar-refractivity contribution >= 4 is 11.6 Å². The summed E-state index contributed by atoms with van der Waals surface area (Å²) in [6, 6.07) is 15.2. The lowest BCUT2D eigenvalue weighted by Crippen LogP contribution is -2.23. The fourth-order valence-electron chi connectivity index (χ4n) is 2.05. The molecule has 0 aliphatic rings. The number of hydrogen-bond donors (Lipinski definition) is 3. The van der Waals surface area contributed by atoms with Crippen LogP contribution in [0.5, 0.6) is 0 Å². The molecule has 0 atom stereocenters. The van der Waals surface area contributed by atoms with Gasteiger partial charge in [0.15, 0.2) is 0 Å². The van der Waals surface area contributed by atoms with Crippen molar-refractivity contribution < 1.29 is 9.90 Å². The number of rotatable bonds is 6. The predicted octanol–water partition coefficient (Wildman–Crippen LogP) is 2.54. The summed E-state index contributed by atoms with van der Waals surface area (Å²) in [7, 11) is 0. The van der Waals surface area contributed by atoms with E-state index in [0.29, 0.717) is 18.7 Å². The monoisotopic (exact) mass is 284 g/mol. The van der Waals surface area contributed by atoms with Crippen molar-refractivity contribution in [1.29, 1.82) is 0 Å². The first-order chi connectivity index (χ1) is 10.2. The molecule has 4 heteroatoms. The molecule has 2 aromatic rings. The van der Waals surface area contributed by atoms with Crippen molar-refractivity contribution in [2.75, 3.05) is 11.9 Å². The second-order valence-corrected chi connectivity index (χ2v) is 4.73. The zero-order valence-corrected chi connectivity index (χ0v) is 12.1. The maximum atomic E-state index is 12.0. The van der Waals surface area contributed by atoms with Gasteiger partial charge in [-0.15, -0.1) is 0 Å².